The largest absolute Gasteiger partial charge is 0.394 e. The van der Waals surface area contributed by atoms with E-state index in [1.165, 1.54) is 0 Å². The number of rotatable bonds is 4. The molecule has 1 unspecified atom stereocenters. The van der Waals surface area contributed by atoms with Gasteiger partial charge in [0.05, 0.1) is 23.4 Å². The number of nitriles is 1. The molecule has 2 N–H and O–H groups in total. The Morgan fingerprint density at radius 1 is 1.25 bits per heavy atom. The van der Waals surface area contributed by atoms with E-state index < -0.39 is 5.54 Å². The molecule has 4 heteroatoms. The third kappa shape index (κ3) is 2.93. The lowest BCUT2D eigenvalue weighted by Gasteiger charge is -2.31. The Hall–Kier alpha value is -2.02. The minimum absolute atomic E-state index is 0.103. The molecule has 0 aliphatic carbocycles. The molecule has 0 saturated carbocycles. The molecule has 0 bridgehead atoms. The molecule has 0 aromatic heterocycles. The van der Waals surface area contributed by atoms with Crippen LogP contribution in [0.15, 0.2) is 48.5 Å². The molecule has 3 nitrogen and oxygen atoms in total. The second-order valence-corrected chi connectivity index (χ2v) is 5.22. The summed E-state index contributed by atoms with van der Waals surface area (Å²) in [6.45, 7) is 1.78. The maximum absolute atomic E-state index is 9.75. The van der Waals surface area contributed by atoms with Gasteiger partial charge in [0.15, 0.2) is 0 Å². The summed E-state index contributed by atoms with van der Waals surface area (Å²) in [4.78, 5) is 0. The fourth-order valence-corrected chi connectivity index (χ4v) is 2.20. The van der Waals surface area contributed by atoms with Gasteiger partial charge in [0.25, 0.3) is 0 Å². The van der Waals surface area contributed by atoms with Crippen molar-refractivity contribution >= 4 is 17.3 Å². The van der Waals surface area contributed by atoms with Crippen LogP contribution in [0.4, 0.5) is 5.69 Å². The molecule has 0 aliphatic rings. The van der Waals surface area contributed by atoms with Crippen molar-refractivity contribution in [3.63, 3.8) is 0 Å². The number of aliphatic hydroxyl groups is 1. The molecule has 0 spiro atoms. The van der Waals surface area contributed by atoms with E-state index in [0.717, 1.165) is 5.56 Å². The van der Waals surface area contributed by atoms with Crippen LogP contribution in [0.25, 0.3) is 0 Å². The maximum atomic E-state index is 9.75. The lowest BCUT2D eigenvalue weighted by Crippen LogP contribution is -2.36. The average molecular weight is 287 g/mol. The summed E-state index contributed by atoms with van der Waals surface area (Å²) in [5, 5.41) is 22.7. The van der Waals surface area contributed by atoms with Crippen molar-refractivity contribution in [1.82, 2.24) is 0 Å². The quantitative estimate of drug-likeness (QED) is 0.904. The third-order valence-corrected chi connectivity index (χ3v) is 3.47. The molecule has 0 heterocycles. The Labute approximate surface area is 123 Å². The summed E-state index contributed by atoms with van der Waals surface area (Å²) >= 11 is 5.98. The lowest BCUT2D eigenvalue weighted by atomic mass is 9.92. The summed E-state index contributed by atoms with van der Waals surface area (Å²) in [5.41, 5.74) is 1.36. The lowest BCUT2D eigenvalue weighted by molar-refractivity contribution is 0.224. The minimum Gasteiger partial charge on any atom is -0.394 e. The fraction of sp³-hybridized carbons (Fsp3) is 0.188. The Morgan fingerprint density at radius 2 is 1.95 bits per heavy atom. The van der Waals surface area contributed by atoms with Crippen LogP contribution in [0.1, 0.15) is 18.1 Å². The molecular formula is C16H15ClN2O. The molecular weight excluding hydrogens is 272 g/mol. The van der Waals surface area contributed by atoms with Gasteiger partial charge in [-0.2, -0.15) is 5.26 Å². The van der Waals surface area contributed by atoms with Gasteiger partial charge in [-0.3, -0.25) is 0 Å². The van der Waals surface area contributed by atoms with E-state index in [9.17, 15) is 5.11 Å². The molecule has 0 fully saturated rings. The fourth-order valence-electron chi connectivity index (χ4n) is 2.02. The number of aliphatic hydroxyl groups excluding tert-OH is 1. The zero-order valence-electron chi connectivity index (χ0n) is 11.1. The summed E-state index contributed by atoms with van der Waals surface area (Å²) in [6.07, 6.45) is 0. The van der Waals surface area contributed by atoms with Gasteiger partial charge in [0, 0.05) is 5.02 Å². The van der Waals surface area contributed by atoms with Gasteiger partial charge in [-0.1, -0.05) is 41.9 Å². The molecule has 0 aliphatic heterocycles. The van der Waals surface area contributed by atoms with E-state index in [2.05, 4.69) is 11.4 Å². The first kappa shape index (κ1) is 14.4. The van der Waals surface area contributed by atoms with E-state index in [-0.39, 0.29) is 6.61 Å². The highest BCUT2D eigenvalue weighted by molar-refractivity contribution is 6.30. The number of hydrogen-bond donors (Lipinski definition) is 2. The highest BCUT2D eigenvalue weighted by Gasteiger charge is 2.26. The Bertz CT molecular complexity index is 637. The first-order chi connectivity index (χ1) is 9.59. The summed E-state index contributed by atoms with van der Waals surface area (Å²) in [5.74, 6) is 0. The number of anilines is 1. The number of nitrogens with one attached hydrogen (secondary N) is 1. The van der Waals surface area contributed by atoms with Crippen LogP contribution in [-0.2, 0) is 5.54 Å². The minimum atomic E-state index is -0.683. The SMILES string of the molecule is CC(CO)(Nc1cc(Cl)ccc1C#N)c1ccccc1. The van der Waals surface area contributed by atoms with Crippen molar-refractivity contribution < 1.29 is 5.11 Å². The van der Waals surface area contributed by atoms with Gasteiger partial charge >= 0.3 is 0 Å². The predicted molar refractivity (Wildman–Crippen MR) is 80.7 cm³/mol. The van der Waals surface area contributed by atoms with Crippen molar-refractivity contribution in [3.05, 3.63) is 64.7 Å². The van der Waals surface area contributed by atoms with Crippen LogP contribution < -0.4 is 5.32 Å². The molecule has 1 atom stereocenters. The molecule has 2 rings (SSSR count). The first-order valence-corrected chi connectivity index (χ1v) is 6.61. The van der Waals surface area contributed by atoms with E-state index in [4.69, 9.17) is 16.9 Å². The predicted octanol–water partition coefficient (Wildman–Crippen LogP) is 3.53. The van der Waals surface area contributed by atoms with E-state index in [1.54, 1.807) is 18.2 Å². The van der Waals surface area contributed by atoms with Crippen LogP contribution >= 0.6 is 11.6 Å². The van der Waals surface area contributed by atoms with Crippen molar-refractivity contribution in [2.45, 2.75) is 12.5 Å². The zero-order chi connectivity index (χ0) is 14.6. The number of hydrogen-bond acceptors (Lipinski definition) is 3. The standard InChI is InChI=1S/C16H15ClN2O/c1-16(11-20,13-5-3-2-4-6-13)19-15-9-14(17)8-7-12(15)10-18/h2-9,19-20H,11H2,1H3. The molecule has 0 amide bonds. The second kappa shape index (κ2) is 5.96. The van der Waals surface area contributed by atoms with Crippen LogP contribution in [0.2, 0.25) is 5.02 Å². The molecule has 2 aromatic rings. The van der Waals surface area contributed by atoms with Crippen LogP contribution in [0.5, 0.6) is 0 Å². The van der Waals surface area contributed by atoms with Crippen molar-refractivity contribution in [2.75, 3.05) is 11.9 Å². The van der Waals surface area contributed by atoms with Gasteiger partial charge in [-0.05, 0) is 30.7 Å². The molecule has 0 radical (unpaired) electrons. The van der Waals surface area contributed by atoms with Crippen LogP contribution in [0.3, 0.4) is 0 Å². The van der Waals surface area contributed by atoms with Gasteiger partial charge in [0.1, 0.15) is 6.07 Å². The highest BCUT2D eigenvalue weighted by atomic mass is 35.5. The van der Waals surface area contributed by atoms with Crippen LogP contribution in [-0.4, -0.2) is 11.7 Å². The monoisotopic (exact) mass is 286 g/mol. The average Bonchev–Trinajstić information content (AvgIpc) is 2.48. The smallest absolute Gasteiger partial charge is 0.101 e. The van der Waals surface area contributed by atoms with Crippen molar-refractivity contribution in [2.24, 2.45) is 0 Å². The summed E-state index contributed by atoms with van der Waals surface area (Å²) < 4.78 is 0. The molecule has 20 heavy (non-hydrogen) atoms. The maximum Gasteiger partial charge on any atom is 0.101 e. The number of nitrogens with zero attached hydrogens (tertiary/aromatic N) is 1. The van der Waals surface area contributed by atoms with E-state index in [1.807, 2.05) is 37.3 Å². The van der Waals surface area contributed by atoms with Gasteiger partial charge in [-0.15, -0.1) is 0 Å². The molecule has 2 aromatic carbocycles. The number of benzene rings is 2. The van der Waals surface area contributed by atoms with Gasteiger partial charge in [-0.25, -0.2) is 0 Å². The zero-order valence-corrected chi connectivity index (χ0v) is 11.9. The van der Waals surface area contributed by atoms with Gasteiger partial charge < -0.3 is 10.4 Å². The van der Waals surface area contributed by atoms with Crippen molar-refractivity contribution in [1.29, 1.82) is 5.26 Å². The Balaban J connectivity index is 2.41. The molecule has 0 saturated heterocycles. The summed E-state index contributed by atoms with van der Waals surface area (Å²) in [6, 6.07) is 16.7. The highest BCUT2D eigenvalue weighted by Crippen LogP contribution is 2.29. The van der Waals surface area contributed by atoms with Crippen molar-refractivity contribution in [3.8, 4) is 6.07 Å². The normalized spacial score (nSPS) is 13.3. The summed E-state index contributed by atoms with van der Waals surface area (Å²) in [7, 11) is 0. The number of halogens is 1. The van der Waals surface area contributed by atoms with E-state index >= 15 is 0 Å². The van der Waals surface area contributed by atoms with Crippen LogP contribution in [0, 0.1) is 11.3 Å². The second-order valence-electron chi connectivity index (χ2n) is 4.78. The Morgan fingerprint density at radius 3 is 2.55 bits per heavy atom. The first-order valence-electron chi connectivity index (χ1n) is 6.23. The van der Waals surface area contributed by atoms with Gasteiger partial charge in [0.2, 0.25) is 0 Å². The topological polar surface area (TPSA) is 56.0 Å². The third-order valence-electron chi connectivity index (χ3n) is 3.24. The molecule has 102 valence electrons. The Kier molecular flexibility index (Phi) is 4.29. The van der Waals surface area contributed by atoms with E-state index in [0.29, 0.717) is 16.3 Å².